The Labute approximate surface area is 196 Å². The number of thiazole rings is 1. The number of hydrogen-bond acceptors (Lipinski definition) is 5. The molecule has 1 aromatic carbocycles. The molecular weight excluding hydrogens is 441 g/mol. The average molecular weight is 470 g/mol. The number of nitrogens with zero attached hydrogens (tertiary/aromatic N) is 2. The molecule has 0 saturated carbocycles. The van der Waals surface area contributed by atoms with Crippen LogP contribution in [-0.2, 0) is 11.2 Å². The summed E-state index contributed by atoms with van der Waals surface area (Å²) >= 11 is 1.34. The Hall–Kier alpha value is -3.00. The van der Waals surface area contributed by atoms with E-state index >= 15 is 0 Å². The van der Waals surface area contributed by atoms with Gasteiger partial charge in [0.25, 0.3) is 5.91 Å². The third-order valence-corrected chi connectivity index (χ3v) is 7.47. The van der Waals surface area contributed by atoms with Gasteiger partial charge in [-0.15, -0.1) is 11.3 Å². The first kappa shape index (κ1) is 23.2. The van der Waals surface area contributed by atoms with Gasteiger partial charge >= 0.3 is 0 Å². The molecule has 1 aliphatic rings. The number of amides is 2. The Morgan fingerprint density at radius 2 is 1.97 bits per heavy atom. The highest BCUT2D eigenvalue weighted by molar-refractivity contribution is 7.17. The van der Waals surface area contributed by atoms with E-state index in [4.69, 9.17) is 4.42 Å². The van der Waals surface area contributed by atoms with E-state index < -0.39 is 0 Å². The fourth-order valence-corrected chi connectivity index (χ4v) is 5.24. The number of nitrogens with one attached hydrogen (secondary N) is 1. The first-order valence-electron chi connectivity index (χ1n) is 11.2. The molecule has 2 aromatic heterocycles. The van der Waals surface area contributed by atoms with Crippen LogP contribution in [0, 0.1) is 24.6 Å². The Bertz CT molecular complexity index is 1090. The van der Waals surface area contributed by atoms with Gasteiger partial charge in [-0.2, -0.15) is 0 Å². The van der Waals surface area contributed by atoms with Crippen molar-refractivity contribution in [2.24, 2.45) is 11.8 Å². The quantitative estimate of drug-likeness (QED) is 0.544. The second-order valence-corrected chi connectivity index (χ2v) is 9.48. The fourth-order valence-electron chi connectivity index (χ4n) is 4.20. The molecule has 4 rings (SSSR count). The van der Waals surface area contributed by atoms with E-state index in [1.807, 2.05) is 30.9 Å². The number of hydrogen-bond donors (Lipinski definition) is 1. The highest BCUT2D eigenvalue weighted by Gasteiger charge is 2.31. The van der Waals surface area contributed by atoms with E-state index in [-0.39, 0.29) is 29.5 Å². The van der Waals surface area contributed by atoms with Gasteiger partial charge in [-0.05, 0) is 62.1 Å². The van der Waals surface area contributed by atoms with Gasteiger partial charge in [0.2, 0.25) is 5.91 Å². The normalized spacial score (nSPS) is 15.4. The Balaban J connectivity index is 1.29. The van der Waals surface area contributed by atoms with Crippen molar-refractivity contribution in [2.75, 3.05) is 19.6 Å². The maximum atomic E-state index is 13.2. The third-order valence-electron chi connectivity index (χ3n) is 6.28. The zero-order valence-corrected chi connectivity index (χ0v) is 19.7. The molecule has 1 atom stereocenters. The van der Waals surface area contributed by atoms with Crippen molar-refractivity contribution in [1.82, 2.24) is 15.2 Å². The predicted octanol–water partition coefficient (Wildman–Crippen LogP) is 4.70. The first-order chi connectivity index (χ1) is 15.9. The summed E-state index contributed by atoms with van der Waals surface area (Å²) < 4.78 is 18.5. The van der Waals surface area contributed by atoms with Crippen molar-refractivity contribution in [3.05, 3.63) is 64.8 Å². The van der Waals surface area contributed by atoms with Gasteiger partial charge in [0.15, 0.2) is 0 Å². The van der Waals surface area contributed by atoms with Crippen molar-refractivity contribution in [1.29, 1.82) is 0 Å². The second-order valence-electron chi connectivity index (χ2n) is 8.48. The molecule has 1 N–H and O–H groups in total. The number of rotatable bonds is 7. The van der Waals surface area contributed by atoms with Crippen LogP contribution in [0.5, 0.6) is 0 Å². The van der Waals surface area contributed by atoms with Gasteiger partial charge in [-0.1, -0.05) is 6.92 Å². The minimum atomic E-state index is -0.299. The van der Waals surface area contributed by atoms with Gasteiger partial charge in [0, 0.05) is 37.5 Å². The smallest absolute Gasteiger partial charge is 0.265 e. The summed E-state index contributed by atoms with van der Waals surface area (Å²) in [5, 5.41) is 3.71. The molecule has 0 spiro atoms. The molecule has 33 heavy (non-hydrogen) atoms. The lowest BCUT2D eigenvalue weighted by Crippen LogP contribution is -2.43. The number of likely N-dealkylation sites (tertiary alicyclic amines) is 1. The zero-order valence-electron chi connectivity index (χ0n) is 18.8. The van der Waals surface area contributed by atoms with Crippen LogP contribution >= 0.6 is 11.3 Å². The second kappa shape index (κ2) is 10.3. The maximum absolute atomic E-state index is 13.2. The van der Waals surface area contributed by atoms with E-state index in [0.29, 0.717) is 41.6 Å². The standard InChI is InChI=1S/C25H28FN3O3S/c1-16(23(30)27-12-9-21-4-3-15-32-21)18-10-13-29(14-11-18)25(31)22-17(2)28-24(33-22)19-5-7-20(26)8-6-19/h3-8,15-16,18H,9-14H2,1-2H3,(H,27,30)/t16-/m0/s1. The Kier molecular flexibility index (Phi) is 7.23. The van der Waals surface area contributed by atoms with Gasteiger partial charge in [-0.25, -0.2) is 9.37 Å². The Morgan fingerprint density at radius 3 is 2.64 bits per heavy atom. The van der Waals surface area contributed by atoms with Gasteiger partial charge in [-0.3, -0.25) is 9.59 Å². The summed E-state index contributed by atoms with van der Waals surface area (Å²) in [6.07, 6.45) is 3.89. The molecule has 1 aliphatic heterocycles. The number of furan rings is 1. The zero-order chi connectivity index (χ0) is 23.4. The summed E-state index contributed by atoms with van der Waals surface area (Å²) in [5.41, 5.74) is 1.49. The van der Waals surface area contributed by atoms with Crippen molar-refractivity contribution in [3.63, 3.8) is 0 Å². The SMILES string of the molecule is Cc1nc(-c2ccc(F)cc2)sc1C(=O)N1CCC([C@H](C)C(=O)NCCc2ccco2)CC1. The van der Waals surface area contributed by atoms with E-state index in [2.05, 4.69) is 10.3 Å². The lowest BCUT2D eigenvalue weighted by molar-refractivity contribution is -0.126. The number of benzene rings is 1. The highest BCUT2D eigenvalue weighted by Crippen LogP contribution is 2.31. The summed E-state index contributed by atoms with van der Waals surface area (Å²) in [5.74, 6) is 0.729. The molecule has 2 amide bonds. The molecule has 6 nitrogen and oxygen atoms in total. The van der Waals surface area contributed by atoms with Crippen LogP contribution in [0.1, 0.15) is 40.9 Å². The van der Waals surface area contributed by atoms with Gasteiger partial charge in [0.05, 0.1) is 12.0 Å². The van der Waals surface area contributed by atoms with Crippen LogP contribution in [0.4, 0.5) is 4.39 Å². The van der Waals surface area contributed by atoms with Crippen LogP contribution in [0.3, 0.4) is 0 Å². The van der Waals surface area contributed by atoms with Crippen LogP contribution < -0.4 is 5.32 Å². The Morgan fingerprint density at radius 1 is 1.24 bits per heavy atom. The molecule has 1 fully saturated rings. The van der Waals surface area contributed by atoms with E-state index in [0.717, 1.165) is 24.2 Å². The van der Waals surface area contributed by atoms with Crippen molar-refractivity contribution in [2.45, 2.75) is 33.1 Å². The van der Waals surface area contributed by atoms with Crippen molar-refractivity contribution < 1.29 is 18.4 Å². The summed E-state index contributed by atoms with van der Waals surface area (Å²) in [4.78, 5) is 32.7. The number of piperidine rings is 1. The predicted molar refractivity (Wildman–Crippen MR) is 125 cm³/mol. The topological polar surface area (TPSA) is 75.4 Å². The maximum Gasteiger partial charge on any atom is 0.265 e. The largest absolute Gasteiger partial charge is 0.469 e. The van der Waals surface area contributed by atoms with E-state index in [1.54, 1.807) is 18.4 Å². The first-order valence-corrected chi connectivity index (χ1v) is 12.1. The average Bonchev–Trinajstić information content (AvgIpc) is 3.48. The summed E-state index contributed by atoms with van der Waals surface area (Å²) in [6.45, 7) is 5.59. The van der Waals surface area contributed by atoms with Crippen LogP contribution in [0.15, 0.2) is 47.1 Å². The number of carbonyl (C=O) groups is 2. The molecule has 0 bridgehead atoms. The molecule has 174 valence electrons. The number of halogens is 1. The minimum absolute atomic E-state index is 0.0210. The van der Waals surface area contributed by atoms with Crippen LogP contribution in [0.2, 0.25) is 0 Å². The number of aryl methyl sites for hydroxylation is 1. The molecule has 0 radical (unpaired) electrons. The summed E-state index contributed by atoms with van der Waals surface area (Å²) in [6, 6.07) is 9.88. The van der Waals surface area contributed by atoms with Gasteiger partial charge in [0.1, 0.15) is 21.5 Å². The molecule has 3 aromatic rings. The highest BCUT2D eigenvalue weighted by atomic mass is 32.1. The monoisotopic (exact) mass is 469 g/mol. The lowest BCUT2D eigenvalue weighted by atomic mass is 9.84. The molecule has 3 heterocycles. The summed E-state index contributed by atoms with van der Waals surface area (Å²) in [7, 11) is 0. The number of carbonyl (C=O) groups excluding carboxylic acids is 2. The van der Waals surface area contributed by atoms with Crippen LogP contribution in [-0.4, -0.2) is 41.3 Å². The minimum Gasteiger partial charge on any atom is -0.469 e. The van der Waals surface area contributed by atoms with Crippen LogP contribution in [0.25, 0.3) is 10.6 Å². The molecule has 0 aliphatic carbocycles. The van der Waals surface area contributed by atoms with E-state index in [1.165, 1.54) is 23.5 Å². The molecule has 8 heteroatoms. The lowest BCUT2D eigenvalue weighted by Gasteiger charge is -2.34. The third kappa shape index (κ3) is 5.50. The van der Waals surface area contributed by atoms with Gasteiger partial charge < -0.3 is 14.6 Å². The molecule has 1 saturated heterocycles. The molecular formula is C25H28FN3O3S. The van der Waals surface area contributed by atoms with Crippen molar-refractivity contribution in [3.8, 4) is 10.6 Å². The van der Waals surface area contributed by atoms with Crippen molar-refractivity contribution >= 4 is 23.2 Å². The molecule has 0 unspecified atom stereocenters. The number of aromatic nitrogens is 1. The fraction of sp³-hybridized carbons (Fsp3) is 0.400. The van der Waals surface area contributed by atoms with E-state index in [9.17, 15) is 14.0 Å².